The molecule has 22 heavy (non-hydrogen) atoms. The fourth-order valence-electron chi connectivity index (χ4n) is 2.58. The quantitative estimate of drug-likeness (QED) is 0.592. The highest BCUT2D eigenvalue weighted by Gasteiger charge is 2.19. The fraction of sp³-hybridized carbons (Fsp3) is 0.167. The van der Waals surface area contributed by atoms with Crippen LogP contribution in [0.3, 0.4) is 0 Å². The molecule has 0 saturated carbocycles. The number of hydrogen-bond acceptors (Lipinski definition) is 4. The first kappa shape index (κ1) is 13.0. The molecule has 4 heteroatoms. The molecule has 0 bridgehead atoms. The molecular weight excluding hydrogens is 274 g/mol. The molecule has 0 spiro atoms. The second-order valence-corrected chi connectivity index (χ2v) is 5.50. The first-order valence-corrected chi connectivity index (χ1v) is 7.41. The largest absolute Gasteiger partial charge is 0.488 e. The van der Waals surface area contributed by atoms with E-state index in [1.165, 1.54) is 0 Å². The van der Waals surface area contributed by atoms with Crippen LogP contribution in [0.1, 0.15) is 5.56 Å². The van der Waals surface area contributed by atoms with Gasteiger partial charge in [-0.15, -0.1) is 0 Å². The summed E-state index contributed by atoms with van der Waals surface area (Å²) in [4.78, 5) is 6.60. The molecule has 1 aromatic heterocycles. The average molecular weight is 291 g/mol. The maximum Gasteiger partial charge on any atom is 0.128 e. The van der Waals surface area contributed by atoms with Crippen LogP contribution >= 0.6 is 0 Å². The van der Waals surface area contributed by atoms with Crippen molar-refractivity contribution in [3.05, 3.63) is 60.3 Å². The number of nitrogen functional groups attached to an aromatic ring is 1. The van der Waals surface area contributed by atoms with Crippen molar-refractivity contribution >= 4 is 22.3 Å². The molecule has 1 fully saturated rings. The summed E-state index contributed by atoms with van der Waals surface area (Å²) in [5.74, 6) is 1.89. The van der Waals surface area contributed by atoms with E-state index in [2.05, 4.69) is 16.0 Å². The number of hydrogen-bond donors (Lipinski definition) is 1. The molecule has 0 atom stereocenters. The van der Waals surface area contributed by atoms with Gasteiger partial charge in [0.2, 0.25) is 0 Å². The minimum absolute atomic E-state index is 0.525. The normalized spacial score (nSPS) is 13.4. The smallest absolute Gasteiger partial charge is 0.128 e. The van der Waals surface area contributed by atoms with Gasteiger partial charge in [-0.3, -0.25) is 0 Å². The molecular formula is C18H17N3O. The Hall–Kier alpha value is -2.75. The second kappa shape index (κ2) is 5.22. The Morgan fingerprint density at radius 2 is 1.86 bits per heavy atom. The first-order chi connectivity index (χ1) is 10.8. The van der Waals surface area contributed by atoms with Gasteiger partial charge in [-0.2, -0.15) is 0 Å². The zero-order valence-electron chi connectivity index (χ0n) is 12.2. The van der Waals surface area contributed by atoms with Crippen molar-refractivity contribution < 1.29 is 4.74 Å². The number of aromatic nitrogens is 1. The van der Waals surface area contributed by atoms with Crippen molar-refractivity contribution in [2.24, 2.45) is 0 Å². The lowest BCUT2D eigenvalue weighted by molar-refractivity contribution is 0.310. The minimum Gasteiger partial charge on any atom is -0.488 e. The lowest BCUT2D eigenvalue weighted by Crippen LogP contribution is -2.00. The average Bonchev–Trinajstić information content (AvgIpc) is 3.40. The Kier molecular flexibility index (Phi) is 3.07. The summed E-state index contributed by atoms with van der Waals surface area (Å²) in [5, 5.41) is 2.07. The number of fused-ring (bicyclic) bond motifs is 1. The Labute approximate surface area is 129 Å². The van der Waals surface area contributed by atoms with Crippen molar-refractivity contribution in [3.8, 4) is 5.75 Å². The van der Waals surface area contributed by atoms with Crippen LogP contribution in [0, 0.1) is 0 Å². The molecule has 0 aliphatic carbocycles. The predicted molar refractivity (Wildman–Crippen MR) is 89.1 cm³/mol. The van der Waals surface area contributed by atoms with Crippen LogP contribution in [0.4, 0.5) is 11.5 Å². The summed E-state index contributed by atoms with van der Waals surface area (Å²) in [6, 6.07) is 16.0. The Bertz CT molecular complexity index is 827. The number of nitrogens with two attached hydrogens (primary N) is 1. The third-order valence-electron chi connectivity index (χ3n) is 3.89. The Morgan fingerprint density at radius 3 is 2.68 bits per heavy atom. The molecule has 110 valence electrons. The summed E-state index contributed by atoms with van der Waals surface area (Å²) in [7, 11) is 0. The van der Waals surface area contributed by atoms with Crippen molar-refractivity contribution in [1.29, 1.82) is 0 Å². The SMILES string of the molecule is Nc1ccc(OCc2ccnc(N3CC3)c2)c2ccccc12. The molecule has 2 N–H and O–H groups in total. The van der Waals surface area contributed by atoms with Crippen molar-refractivity contribution in [3.63, 3.8) is 0 Å². The van der Waals surface area contributed by atoms with Gasteiger partial charge in [0.15, 0.2) is 0 Å². The second-order valence-electron chi connectivity index (χ2n) is 5.50. The van der Waals surface area contributed by atoms with Gasteiger partial charge in [0.05, 0.1) is 0 Å². The van der Waals surface area contributed by atoms with Gasteiger partial charge in [0.1, 0.15) is 18.2 Å². The number of pyridine rings is 1. The monoisotopic (exact) mass is 291 g/mol. The van der Waals surface area contributed by atoms with Gasteiger partial charge in [0, 0.05) is 35.7 Å². The van der Waals surface area contributed by atoms with Gasteiger partial charge in [0.25, 0.3) is 0 Å². The van der Waals surface area contributed by atoms with Gasteiger partial charge in [-0.05, 0) is 29.8 Å². The molecule has 0 radical (unpaired) electrons. The molecule has 0 amide bonds. The number of nitrogens with zero attached hydrogens (tertiary/aromatic N) is 2. The van der Waals surface area contributed by atoms with E-state index in [1.54, 1.807) is 0 Å². The van der Waals surface area contributed by atoms with Crippen LogP contribution in [0.15, 0.2) is 54.7 Å². The van der Waals surface area contributed by atoms with Gasteiger partial charge in [-0.25, -0.2) is 4.98 Å². The zero-order chi connectivity index (χ0) is 14.9. The summed E-state index contributed by atoms with van der Waals surface area (Å²) >= 11 is 0. The lowest BCUT2D eigenvalue weighted by Gasteiger charge is -2.11. The minimum atomic E-state index is 0.525. The van der Waals surface area contributed by atoms with Crippen molar-refractivity contribution in [1.82, 2.24) is 4.98 Å². The number of rotatable bonds is 4. The van der Waals surface area contributed by atoms with E-state index in [4.69, 9.17) is 10.5 Å². The van der Waals surface area contributed by atoms with Crippen LogP contribution in [-0.2, 0) is 6.61 Å². The molecule has 2 heterocycles. The van der Waals surface area contributed by atoms with Crippen LogP contribution in [0.25, 0.3) is 10.8 Å². The number of benzene rings is 2. The maximum absolute atomic E-state index is 6.02. The zero-order valence-corrected chi connectivity index (χ0v) is 12.2. The van der Waals surface area contributed by atoms with Crippen molar-refractivity contribution in [2.75, 3.05) is 23.7 Å². The highest BCUT2D eigenvalue weighted by molar-refractivity contribution is 5.96. The number of ether oxygens (including phenoxy) is 1. The van der Waals surface area contributed by atoms with Crippen molar-refractivity contribution in [2.45, 2.75) is 6.61 Å². The summed E-state index contributed by atoms with van der Waals surface area (Å²) in [6.07, 6.45) is 1.84. The molecule has 4 nitrogen and oxygen atoms in total. The summed E-state index contributed by atoms with van der Waals surface area (Å²) in [6.45, 7) is 2.72. The predicted octanol–water partition coefficient (Wildman–Crippen LogP) is 3.22. The van der Waals surface area contributed by atoms with E-state index in [-0.39, 0.29) is 0 Å². The van der Waals surface area contributed by atoms with Gasteiger partial charge < -0.3 is 15.4 Å². The lowest BCUT2D eigenvalue weighted by atomic mass is 10.1. The third kappa shape index (κ3) is 2.44. The van der Waals surface area contributed by atoms with E-state index in [9.17, 15) is 0 Å². The molecule has 1 aliphatic heterocycles. The highest BCUT2D eigenvalue weighted by Crippen LogP contribution is 2.30. The maximum atomic E-state index is 6.02. The van der Waals surface area contributed by atoms with Gasteiger partial charge in [-0.1, -0.05) is 24.3 Å². The van der Waals surface area contributed by atoms with E-state index in [0.717, 1.165) is 46.7 Å². The molecule has 4 rings (SSSR count). The molecule has 3 aromatic rings. The van der Waals surface area contributed by atoms with Crippen LogP contribution < -0.4 is 15.4 Å². The molecule has 1 saturated heterocycles. The van der Waals surface area contributed by atoms with E-state index in [1.807, 2.05) is 48.7 Å². The Balaban J connectivity index is 1.59. The van der Waals surface area contributed by atoms with Gasteiger partial charge >= 0.3 is 0 Å². The third-order valence-corrected chi connectivity index (χ3v) is 3.89. The van der Waals surface area contributed by atoms with Crippen LogP contribution in [0.2, 0.25) is 0 Å². The highest BCUT2D eigenvalue weighted by atomic mass is 16.5. The summed E-state index contributed by atoms with van der Waals surface area (Å²) < 4.78 is 6.01. The van der Waals surface area contributed by atoms with E-state index < -0.39 is 0 Å². The Morgan fingerprint density at radius 1 is 1.05 bits per heavy atom. The van der Waals surface area contributed by atoms with Crippen LogP contribution in [-0.4, -0.2) is 18.1 Å². The fourth-order valence-corrected chi connectivity index (χ4v) is 2.58. The van der Waals surface area contributed by atoms with E-state index in [0.29, 0.717) is 6.61 Å². The summed E-state index contributed by atoms with van der Waals surface area (Å²) in [5.41, 5.74) is 7.92. The first-order valence-electron chi connectivity index (χ1n) is 7.41. The van der Waals surface area contributed by atoms with E-state index >= 15 is 0 Å². The number of anilines is 2. The topological polar surface area (TPSA) is 51.1 Å². The van der Waals surface area contributed by atoms with Crippen LogP contribution in [0.5, 0.6) is 5.75 Å². The molecule has 0 unspecified atom stereocenters. The molecule has 2 aromatic carbocycles. The molecule has 1 aliphatic rings. The standard InChI is InChI=1S/C18H17N3O/c19-16-5-6-17(15-4-2-1-3-14(15)16)22-12-13-7-8-20-18(11-13)21-9-10-21/h1-8,11H,9-10,12,19H2.